The largest absolute Gasteiger partial charge is 0.488 e. The molecule has 0 unspecified atom stereocenters. The van der Waals surface area contributed by atoms with Crippen LogP contribution in [0.4, 0.5) is 0 Å². The van der Waals surface area contributed by atoms with Crippen LogP contribution in [-0.2, 0) is 4.74 Å². The summed E-state index contributed by atoms with van der Waals surface area (Å²) in [6.07, 6.45) is 2.99. The van der Waals surface area contributed by atoms with Crippen LogP contribution in [0.2, 0.25) is 0 Å². The Labute approximate surface area is 93.6 Å². The Morgan fingerprint density at radius 2 is 2.44 bits per heavy atom. The summed E-state index contributed by atoms with van der Waals surface area (Å²) in [5, 5.41) is 8.08. The van der Waals surface area contributed by atoms with Gasteiger partial charge in [0.25, 0.3) is 0 Å². The molecule has 0 aliphatic carbocycles. The zero-order valence-corrected chi connectivity index (χ0v) is 9.19. The quantitative estimate of drug-likeness (QED) is 0.839. The van der Waals surface area contributed by atoms with Crippen LogP contribution in [0.25, 0.3) is 10.9 Å². The minimum absolute atomic E-state index is 0.194. The molecule has 84 valence electrons. The third-order valence-corrected chi connectivity index (χ3v) is 2.92. The molecule has 1 aliphatic heterocycles. The minimum Gasteiger partial charge on any atom is -0.488 e. The summed E-state index contributed by atoms with van der Waals surface area (Å²) >= 11 is 0. The number of aryl methyl sites for hydroxylation is 1. The average Bonchev–Trinajstić information content (AvgIpc) is 2.89. The second-order valence-corrected chi connectivity index (χ2v) is 4.18. The highest BCUT2D eigenvalue weighted by Gasteiger charge is 2.18. The first-order valence-electron chi connectivity index (χ1n) is 5.51. The number of aromatic nitrogens is 2. The van der Waals surface area contributed by atoms with E-state index in [9.17, 15) is 0 Å². The fourth-order valence-corrected chi connectivity index (χ4v) is 2.00. The standard InChI is InChI=1S/C12H14N2O2/c1-8-4-9-6-13-14-11(9)5-12(8)16-10-2-3-15-7-10/h4-6,10H,2-3,7H2,1H3,(H,13,14)/t10-/m0/s1. The van der Waals surface area contributed by atoms with Crippen molar-refractivity contribution in [1.29, 1.82) is 0 Å². The molecule has 0 bridgehead atoms. The van der Waals surface area contributed by atoms with Crippen molar-refractivity contribution >= 4 is 10.9 Å². The van der Waals surface area contributed by atoms with Crippen molar-refractivity contribution in [3.63, 3.8) is 0 Å². The molecule has 1 aromatic heterocycles. The van der Waals surface area contributed by atoms with Gasteiger partial charge in [-0.1, -0.05) is 0 Å². The Bertz CT molecular complexity index is 501. The van der Waals surface area contributed by atoms with Crippen LogP contribution in [0.3, 0.4) is 0 Å². The Balaban J connectivity index is 1.92. The van der Waals surface area contributed by atoms with Gasteiger partial charge in [0.05, 0.1) is 24.9 Å². The third kappa shape index (κ3) is 1.65. The van der Waals surface area contributed by atoms with E-state index >= 15 is 0 Å². The van der Waals surface area contributed by atoms with Crippen molar-refractivity contribution in [3.8, 4) is 5.75 Å². The molecule has 1 atom stereocenters. The number of nitrogens with zero attached hydrogens (tertiary/aromatic N) is 1. The molecule has 0 saturated carbocycles. The maximum atomic E-state index is 5.91. The number of fused-ring (bicyclic) bond motifs is 1. The van der Waals surface area contributed by atoms with E-state index in [0.29, 0.717) is 6.61 Å². The SMILES string of the molecule is Cc1cc2cn[nH]c2cc1O[C@H]1CCOC1. The molecule has 1 aliphatic rings. The zero-order chi connectivity index (χ0) is 11.0. The van der Waals surface area contributed by atoms with Gasteiger partial charge >= 0.3 is 0 Å². The smallest absolute Gasteiger partial charge is 0.124 e. The molecular weight excluding hydrogens is 204 g/mol. The Hall–Kier alpha value is -1.55. The molecule has 1 fully saturated rings. The van der Waals surface area contributed by atoms with E-state index in [2.05, 4.69) is 23.2 Å². The molecule has 4 nitrogen and oxygen atoms in total. The van der Waals surface area contributed by atoms with Crippen LogP contribution in [0, 0.1) is 6.92 Å². The van der Waals surface area contributed by atoms with E-state index in [1.54, 1.807) is 0 Å². The first-order chi connectivity index (χ1) is 7.83. The number of nitrogens with one attached hydrogen (secondary N) is 1. The Kier molecular flexibility index (Phi) is 2.29. The van der Waals surface area contributed by atoms with Gasteiger partial charge in [-0.25, -0.2) is 0 Å². The molecule has 3 rings (SSSR count). The molecule has 2 aromatic rings. The van der Waals surface area contributed by atoms with Crippen molar-refractivity contribution in [2.45, 2.75) is 19.4 Å². The van der Waals surface area contributed by atoms with E-state index in [4.69, 9.17) is 9.47 Å². The maximum Gasteiger partial charge on any atom is 0.124 e. The van der Waals surface area contributed by atoms with Gasteiger partial charge in [-0.2, -0.15) is 5.10 Å². The number of aromatic amines is 1. The number of hydrogen-bond acceptors (Lipinski definition) is 3. The van der Waals surface area contributed by atoms with Crippen LogP contribution in [0.5, 0.6) is 5.75 Å². The van der Waals surface area contributed by atoms with Crippen molar-refractivity contribution in [1.82, 2.24) is 10.2 Å². The van der Waals surface area contributed by atoms with Crippen molar-refractivity contribution in [2.24, 2.45) is 0 Å². The van der Waals surface area contributed by atoms with Gasteiger partial charge in [0.2, 0.25) is 0 Å². The Morgan fingerprint density at radius 3 is 3.25 bits per heavy atom. The Morgan fingerprint density at radius 1 is 1.50 bits per heavy atom. The summed E-state index contributed by atoms with van der Waals surface area (Å²) in [6, 6.07) is 4.10. The lowest BCUT2D eigenvalue weighted by atomic mass is 10.1. The van der Waals surface area contributed by atoms with Crippen LogP contribution in [-0.4, -0.2) is 29.5 Å². The third-order valence-electron chi connectivity index (χ3n) is 2.92. The molecular formula is C12H14N2O2. The number of benzene rings is 1. The van der Waals surface area contributed by atoms with Crippen LogP contribution >= 0.6 is 0 Å². The lowest BCUT2D eigenvalue weighted by Gasteiger charge is -2.13. The fourth-order valence-electron chi connectivity index (χ4n) is 2.00. The van der Waals surface area contributed by atoms with E-state index in [0.717, 1.165) is 35.2 Å². The number of rotatable bonds is 2. The van der Waals surface area contributed by atoms with Crippen LogP contribution in [0.15, 0.2) is 18.3 Å². The topological polar surface area (TPSA) is 47.1 Å². The molecule has 0 radical (unpaired) electrons. The molecule has 0 amide bonds. The number of H-pyrrole nitrogens is 1. The summed E-state index contributed by atoms with van der Waals surface area (Å²) < 4.78 is 11.2. The van der Waals surface area contributed by atoms with E-state index in [-0.39, 0.29) is 6.10 Å². The second kappa shape index (κ2) is 3.79. The van der Waals surface area contributed by atoms with Crippen LogP contribution in [0.1, 0.15) is 12.0 Å². The number of hydrogen-bond donors (Lipinski definition) is 1. The first-order valence-corrected chi connectivity index (χ1v) is 5.51. The van der Waals surface area contributed by atoms with E-state index in [1.165, 1.54) is 0 Å². The average molecular weight is 218 g/mol. The molecule has 1 aromatic carbocycles. The highest BCUT2D eigenvalue weighted by atomic mass is 16.5. The summed E-state index contributed by atoms with van der Waals surface area (Å²) in [6.45, 7) is 3.55. The summed E-state index contributed by atoms with van der Waals surface area (Å²) in [5.74, 6) is 0.923. The highest BCUT2D eigenvalue weighted by molar-refractivity contribution is 5.80. The molecule has 0 spiro atoms. The summed E-state index contributed by atoms with van der Waals surface area (Å²) in [7, 11) is 0. The van der Waals surface area contributed by atoms with Crippen molar-refractivity contribution < 1.29 is 9.47 Å². The first kappa shape index (κ1) is 9.66. The second-order valence-electron chi connectivity index (χ2n) is 4.18. The number of ether oxygens (including phenoxy) is 2. The van der Waals surface area contributed by atoms with Crippen molar-refractivity contribution in [2.75, 3.05) is 13.2 Å². The molecule has 4 heteroatoms. The monoisotopic (exact) mass is 218 g/mol. The lowest BCUT2D eigenvalue weighted by Crippen LogP contribution is -2.16. The summed E-state index contributed by atoms with van der Waals surface area (Å²) in [4.78, 5) is 0. The van der Waals surface area contributed by atoms with Gasteiger partial charge < -0.3 is 9.47 Å². The van der Waals surface area contributed by atoms with Gasteiger partial charge in [0, 0.05) is 17.9 Å². The predicted molar refractivity (Wildman–Crippen MR) is 60.7 cm³/mol. The zero-order valence-electron chi connectivity index (χ0n) is 9.19. The maximum absolute atomic E-state index is 5.91. The highest BCUT2D eigenvalue weighted by Crippen LogP contribution is 2.26. The van der Waals surface area contributed by atoms with E-state index < -0.39 is 0 Å². The predicted octanol–water partition coefficient (Wildman–Crippen LogP) is 2.04. The molecule has 1 saturated heterocycles. The van der Waals surface area contributed by atoms with Gasteiger partial charge in [0.15, 0.2) is 0 Å². The minimum atomic E-state index is 0.194. The van der Waals surface area contributed by atoms with E-state index in [1.807, 2.05) is 12.3 Å². The fraction of sp³-hybridized carbons (Fsp3) is 0.417. The molecule has 1 N–H and O–H groups in total. The normalized spacial score (nSPS) is 20.4. The van der Waals surface area contributed by atoms with Crippen LogP contribution < -0.4 is 4.74 Å². The lowest BCUT2D eigenvalue weighted by molar-refractivity contribution is 0.141. The van der Waals surface area contributed by atoms with Crippen molar-refractivity contribution in [3.05, 3.63) is 23.9 Å². The van der Waals surface area contributed by atoms with Gasteiger partial charge in [-0.05, 0) is 18.6 Å². The van der Waals surface area contributed by atoms with Gasteiger partial charge in [-0.15, -0.1) is 0 Å². The van der Waals surface area contributed by atoms with Gasteiger partial charge in [-0.3, -0.25) is 5.10 Å². The molecule has 16 heavy (non-hydrogen) atoms. The molecule has 2 heterocycles. The van der Waals surface area contributed by atoms with Gasteiger partial charge in [0.1, 0.15) is 11.9 Å². The summed E-state index contributed by atoms with van der Waals surface area (Å²) in [5.41, 5.74) is 2.15.